The van der Waals surface area contributed by atoms with Crippen LogP contribution in [0.5, 0.6) is 5.75 Å². The van der Waals surface area contributed by atoms with E-state index in [1.807, 2.05) is 19.2 Å². The van der Waals surface area contributed by atoms with Gasteiger partial charge in [0.05, 0.1) is 5.38 Å². The number of rotatable bonds is 4. The molecule has 0 fully saturated rings. The zero-order chi connectivity index (χ0) is 11.3. The molecule has 0 heterocycles. The van der Waals surface area contributed by atoms with Crippen LogP contribution in [0.25, 0.3) is 0 Å². The summed E-state index contributed by atoms with van der Waals surface area (Å²) in [7, 11) is 1.85. The zero-order valence-corrected chi connectivity index (χ0v) is 9.54. The minimum Gasteiger partial charge on any atom is -0.427 e. The van der Waals surface area contributed by atoms with Gasteiger partial charge in [-0.25, -0.2) is 0 Å². The average Bonchev–Trinajstić information content (AvgIpc) is 2.18. The van der Waals surface area contributed by atoms with Gasteiger partial charge in [-0.3, -0.25) is 4.79 Å². The van der Waals surface area contributed by atoms with Crippen LogP contribution in [-0.2, 0) is 4.79 Å². The minimum atomic E-state index is -0.319. The Labute approximate surface area is 94.4 Å². The first-order valence-electron chi connectivity index (χ1n) is 4.70. The highest BCUT2D eigenvalue weighted by atomic mass is 35.5. The molecule has 4 heteroatoms. The maximum atomic E-state index is 10.7. The summed E-state index contributed by atoms with van der Waals surface area (Å²) in [5.41, 5.74) is 1.00. The third-order valence-electron chi connectivity index (χ3n) is 1.89. The molecule has 1 aromatic rings. The van der Waals surface area contributed by atoms with Gasteiger partial charge in [-0.2, -0.15) is 0 Å². The molecule has 82 valence electrons. The van der Waals surface area contributed by atoms with Crippen LogP contribution < -0.4 is 10.1 Å². The Balaban J connectivity index is 2.67. The second-order valence-electron chi connectivity index (χ2n) is 3.19. The van der Waals surface area contributed by atoms with Gasteiger partial charge in [0.1, 0.15) is 5.75 Å². The molecule has 0 aliphatic rings. The standard InChI is InChI=1S/C11H14ClNO2/c1-8(14)15-10-5-3-9(4-6-10)11(12)7-13-2/h3-6,11,13H,7H2,1-2H3/t11-/m0/s1. The molecule has 0 aliphatic carbocycles. The summed E-state index contributed by atoms with van der Waals surface area (Å²) >= 11 is 6.09. The summed E-state index contributed by atoms with van der Waals surface area (Å²) in [6.07, 6.45) is 0. The van der Waals surface area contributed by atoms with E-state index < -0.39 is 0 Å². The van der Waals surface area contributed by atoms with Gasteiger partial charge < -0.3 is 10.1 Å². The number of benzene rings is 1. The van der Waals surface area contributed by atoms with Crippen LogP contribution in [0.4, 0.5) is 0 Å². The summed E-state index contributed by atoms with van der Waals surface area (Å²) < 4.78 is 4.91. The second-order valence-corrected chi connectivity index (χ2v) is 3.71. The van der Waals surface area contributed by atoms with Crippen LogP contribution in [0.15, 0.2) is 24.3 Å². The zero-order valence-electron chi connectivity index (χ0n) is 8.79. The molecule has 1 aromatic carbocycles. The number of esters is 1. The summed E-state index contributed by atoms with van der Waals surface area (Å²) in [5.74, 6) is 0.222. The number of hydrogen-bond donors (Lipinski definition) is 1. The van der Waals surface area contributed by atoms with Crippen molar-refractivity contribution in [3.63, 3.8) is 0 Å². The summed E-state index contributed by atoms with van der Waals surface area (Å²) in [6.45, 7) is 2.08. The van der Waals surface area contributed by atoms with Crippen molar-refractivity contribution in [2.75, 3.05) is 13.6 Å². The van der Waals surface area contributed by atoms with Crippen LogP contribution >= 0.6 is 11.6 Å². The molecule has 15 heavy (non-hydrogen) atoms. The lowest BCUT2D eigenvalue weighted by molar-refractivity contribution is -0.131. The molecular formula is C11H14ClNO2. The maximum absolute atomic E-state index is 10.7. The minimum absolute atomic E-state index is 0.0682. The number of ether oxygens (including phenoxy) is 1. The molecule has 0 spiro atoms. The van der Waals surface area contributed by atoms with E-state index in [1.54, 1.807) is 12.1 Å². The maximum Gasteiger partial charge on any atom is 0.308 e. The van der Waals surface area contributed by atoms with Gasteiger partial charge in [0.15, 0.2) is 0 Å². The largest absolute Gasteiger partial charge is 0.427 e. The molecule has 0 aromatic heterocycles. The SMILES string of the molecule is CNC[C@H](Cl)c1ccc(OC(C)=O)cc1. The summed E-state index contributed by atoms with van der Waals surface area (Å²) in [6, 6.07) is 7.18. The number of alkyl halides is 1. The van der Waals surface area contributed by atoms with Crippen LogP contribution in [-0.4, -0.2) is 19.6 Å². The van der Waals surface area contributed by atoms with Crippen molar-refractivity contribution >= 4 is 17.6 Å². The first-order valence-corrected chi connectivity index (χ1v) is 5.14. The van der Waals surface area contributed by atoms with Crippen LogP contribution in [0.3, 0.4) is 0 Å². The monoisotopic (exact) mass is 227 g/mol. The quantitative estimate of drug-likeness (QED) is 0.487. The Morgan fingerprint density at radius 3 is 2.53 bits per heavy atom. The highest BCUT2D eigenvalue weighted by molar-refractivity contribution is 6.21. The van der Waals surface area contributed by atoms with Crippen LogP contribution in [0, 0.1) is 0 Å². The molecule has 1 atom stereocenters. The Morgan fingerprint density at radius 2 is 2.07 bits per heavy atom. The fourth-order valence-corrected chi connectivity index (χ4v) is 1.51. The molecular weight excluding hydrogens is 214 g/mol. The Hall–Kier alpha value is -1.06. The van der Waals surface area contributed by atoms with Crippen molar-refractivity contribution in [3.8, 4) is 5.75 Å². The number of carbonyl (C=O) groups excluding carboxylic acids is 1. The van der Waals surface area contributed by atoms with Gasteiger partial charge in [-0.05, 0) is 24.7 Å². The topological polar surface area (TPSA) is 38.3 Å². The molecule has 1 rings (SSSR count). The van der Waals surface area contributed by atoms with Gasteiger partial charge in [-0.1, -0.05) is 12.1 Å². The van der Waals surface area contributed by atoms with E-state index in [1.165, 1.54) is 6.92 Å². The third kappa shape index (κ3) is 3.90. The first-order chi connectivity index (χ1) is 7.13. The first kappa shape index (κ1) is 12.0. The molecule has 0 saturated carbocycles. The average molecular weight is 228 g/mol. The molecule has 0 unspecified atom stereocenters. The van der Waals surface area contributed by atoms with Gasteiger partial charge >= 0.3 is 5.97 Å². The van der Waals surface area contributed by atoms with Crippen LogP contribution in [0.2, 0.25) is 0 Å². The summed E-state index contributed by atoms with van der Waals surface area (Å²) in [5, 5.41) is 2.93. The molecule has 0 saturated heterocycles. The lowest BCUT2D eigenvalue weighted by atomic mass is 10.1. The molecule has 0 amide bonds. The van der Waals surface area contributed by atoms with Crippen molar-refractivity contribution in [2.45, 2.75) is 12.3 Å². The van der Waals surface area contributed by atoms with E-state index in [2.05, 4.69) is 5.32 Å². The van der Waals surface area contributed by atoms with E-state index >= 15 is 0 Å². The van der Waals surface area contributed by atoms with E-state index in [4.69, 9.17) is 16.3 Å². The Morgan fingerprint density at radius 1 is 1.47 bits per heavy atom. The van der Waals surface area contributed by atoms with Crippen molar-refractivity contribution in [3.05, 3.63) is 29.8 Å². The van der Waals surface area contributed by atoms with Crippen molar-refractivity contribution in [2.24, 2.45) is 0 Å². The van der Waals surface area contributed by atoms with Gasteiger partial charge in [0.25, 0.3) is 0 Å². The molecule has 0 aliphatic heterocycles. The van der Waals surface area contributed by atoms with E-state index in [0.717, 1.165) is 5.56 Å². The predicted octanol–water partition coefficient (Wildman–Crippen LogP) is 2.11. The van der Waals surface area contributed by atoms with E-state index in [-0.39, 0.29) is 11.3 Å². The molecule has 3 nitrogen and oxygen atoms in total. The number of nitrogens with one attached hydrogen (secondary N) is 1. The van der Waals surface area contributed by atoms with Gasteiger partial charge in [0.2, 0.25) is 0 Å². The van der Waals surface area contributed by atoms with Crippen LogP contribution in [0.1, 0.15) is 17.9 Å². The fraction of sp³-hybridized carbons (Fsp3) is 0.364. The normalized spacial score (nSPS) is 12.2. The number of likely N-dealkylation sites (N-methyl/N-ethyl adjacent to an activating group) is 1. The smallest absolute Gasteiger partial charge is 0.308 e. The van der Waals surface area contributed by atoms with Gasteiger partial charge in [0, 0.05) is 13.5 Å². The van der Waals surface area contributed by atoms with E-state index in [0.29, 0.717) is 12.3 Å². The number of hydrogen-bond acceptors (Lipinski definition) is 3. The third-order valence-corrected chi connectivity index (χ3v) is 2.29. The highest BCUT2D eigenvalue weighted by Crippen LogP contribution is 2.22. The number of carbonyl (C=O) groups is 1. The Bertz CT molecular complexity index is 324. The predicted molar refractivity (Wildman–Crippen MR) is 60.3 cm³/mol. The van der Waals surface area contributed by atoms with E-state index in [9.17, 15) is 4.79 Å². The van der Waals surface area contributed by atoms with Crippen molar-refractivity contribution in [1.29, 1.82) is 0 Å². The fourth-order valence-electron chi connectivity index (χ4n) is 1.21. The lowest BCUT2D eigenvalue weighted by Crippen LogP contribution is -2.13. The second kappa shape index (κ2) is 5.73. The Kier molecular flexibility index (Phi) is 4.59. The number of halogens is 1. The molecule has 0 bridgehead atoms. The highest BCUT2D eigenvalue weighted by Gasteiger charge is 2.06. The van der Waals surface area contributed by atoms with Crippen molar-refractivity contribution < 1.29 is 9.53 Å². The molecule has 0 radical (unpaired) electrons. The van der Waals surface area contributed by atoms with Gasteiger partial charge in [-0.15, -0.1) is 11.6 Å². The summed E-state index contributed by atoms with van der Waals surface area (Å²) in [4.78, 5) is 10.7. The lowest BCUT2D eigenvalue weighted by Gasteiger charge is -2.09. The van der Waals surface area contributed by atoms with Crippen molar-refractivity contribution in [1.82, 2.24) is 5.32 Å². The molecule has 1 N–H and O–H groups in total.